The summed E-state index contributed by atoms with van der Waals surface area (Å²) >= 11 is 0. The van der Waals surface area contributed by atoms with E-state index < -0.39 is 17.6 Å². The maximum absolute atomic E-state index is 12.3. The Hall–Kier alpha value is -2.86. The topological polar surface area (TPSA) is 84.9 Å². The summed E-state index contributed by atoms with van der Waals surface area (Å²) in [6, 6.07) is 16.0. The molecule has 3 rings (SSSR count). The van der Waals surface area contributed by atoms with Crippen LogP contribution in [0, 0.1) is 0 Å². The largest absolute Gasteiger partial charge is 0.479 e. The van der Waals surface area contributed by atoms with Gasteiger partial charge in [0.25, 0.3) is 0 Å². The summed E-state index contributed by atoms with van der Waals surface area (Å²) in [6.07, 6.45) is -0.776. The van der Waals surface area contributed by atoms with Crippen LogP contribution >= 0.6 is 0 Å². The zero-order valence-electron chi connectivity index (χ0n) is 15.4. The van der Waals surface area contributed by atoms with Gasteiger partial charge in [0.2, 0.25) is 0 Å². The highest BCUT2D eigenvalue weighted by Gasteiger charge is 2.36. The Labute approximate surface area is 158 Å². The third-order valence-corrected chi connectivity index (χ3v) is 4.79. The number of aliphatic carboxylic acids is 1. The Bertz CT molecular complexity index is 804. The van der Waals surface area contributed by atoms with E-state index in [-0.39, 0.29) is 19.1 Å². The van der Waals surface area contributed by atoms with Gasteiger partial charge in [-0.2, -0.15) is 0 Å². The van der Waals surface area contributed by atoms with E-state index in [4.69, 9.17) is 9.47 Å². The molecule has 1 unspecified atom stereocenters. The second-order valence-electron chi connectivity index (χ2n) is 6.72. The third-order valence-electron chi connectivity index (χ3n) is 4.79. The fourth-order valence-corrected chi connectivity index (χ4v) is 3.32. The number of ether oxygens (including phenoxy) is 2. The predicted octanol–water partition coefficient (Wildman–Crippen LogP) is 3.40. The molecule has 0 saturated carbocycles. The molecule has 1 amide bonds. The van der Waals surface area contributed by atoms with Crippen LogP contribution in [0.1, 0.15) is 30.9 Å². The van der Waals surface area contributed by atoms with Crippen molar-refractivity contribution in [3.05, 3.63) is 59.7 Å². The number of carbonyl (C=O) groups excluding carboxylic acids is 1. The molecule has 1 aliphatic rings. The van der Waals surface area contributed by atoms with E-state index in [0.29, 0.717) is 6.61 Å². The van der Waals surface area contributed by atoms with Crippen LogP contribution in [0.2, 0.25) is 0 Å². The van der Waals surface area contributed by atoms with Gasteiger partial charge in [0.1, 0.15) is 6.61 Å². The zero-order chi connectivity index (χ0) is 19.4. The molecule has 0 spiro atoms. The van der Waals surface area contributed by atoms with Gasteiger partial charge in [-0.3, -0.25) is 0 Å². The lowest BCUT2D eigenvalue weighted by atomic mass is 9.98. The number of hydrogen-bond acceptors (Lipinski definition) is 4. The quantitative estimate of drug-likeness (QED) is 0.781. The number of carboxylic acids is 1. The van der Waals surface area contributed by atoms with Gasteiger partial charge in [-0.05, 0) is 36.1 Å². The van der Waals surface area contributed by atoms with Crippen LogP contribution in [0.3, 0.4) is 0 Å². The molecule has 0 aliphatic heterocycles. The van der Waals surface area contributed by atoms with E-state index >= 15 is 0 Å². The summed E-state index contributed by atoms with van der Waals surface area (Å²) in [4.78, 5) is 23.8. The fraction of sp³-hybridized carbons (Fsp3) is 0.333. The highest BCUT2D eigenvalue weighted by molar-refractivity contribution is 5.84. The van der Waals surface area contributed by atoms with Crippen molar-refractivity contribution in [1.29, 1.82) is 0 Å². The molecule has 2 aromatic carbocycles. The SMILES string of the molecule is CCOCC(C)(NC(=O)OCC1c2ccccc2-c2ccccc21)C(=O)O. The summed E-state index contributed by atoms with van der Waals surface area (Å²) in [5.74, 6) is -1.25. The normalized spacial score (nSPS) is 14.7. The van der Waals surface area contributed by atoms with Gasteiger partial charge in [0.05, 0.1) is 6.61 Å². The van der Waals surface area contributed by atoms with Gasteiger partial charge in [0, 0.05) is 12.5 Å². The van der Waals surface area contributed by atoms with Gasteiger partial charge < -0.3 is 19.9 Å². The lowest BCUT2D eigenvalue weighted by Crippen LogP contribution is -2.55. The lowest BCUT2D eigenvalue weighted by molar-refractivity contribution is -0.146. The number of alkyl carbamates (subject to hydrolysis) is 1. The number of carbonyl (C=O) groups is 2. The summed E-state index contributed by atoms with van der Waals surface area (Å²) < 4.78 is 10.6. The Morgan fingerprint density at radius 1 is 1.07 bits per heavy atom. The van der Waals surface area contributed by atoms with Gasteiger partial charge >= 0.3 is 12.1 Å². The van der Waals surface area contributed by atoms with Crippen molar-refractivity contribution in [2.45, 2.75) is 25.3 Å². The average molecular weight is 369 g/mol. The van der Waals surface area contributed by atoms with Crippen LogP contribution in [-0.2, 0) is 14.3 Å². The Balaban J connectivity index is 1.71. The van der Waals surface area contributed by atoms with Crippen LogP contribution in [0.4, 0.5) is 4.79 Å². The smallest absolute Gasteiger partial charge is 0.408 e. The molecule has 0 fully saturated rings. The molecule has 1 atom stereocenters. The van der Waals surface area contributed by atoms with E-state index in [1.807, 2.05) is 36.4 Å². The Morgan fingerprint density at radius 2 is 1.63 bits per heavy atom. The second kappa shape index (κ2) is 7.80. The van der Waals surface area contributed by atoms with Gasteiger partial charge in [-0.15, -0.1) is 0 Å². The molecule has 1 aliphatic carbocycles. The predicted molar refractivity (Wildman–Crippen MR) is 101 cm³/mol. The van der Waals surface area contributed by atoms with Crippen molar-refractivity contribution in [3.63, 3.8) is 0 Å². The van der Waals surface area contributed by atoms with Crippen molar-refractivity contribution in [2.75, 3.05) is 19.8 Å². The minimum atomic E-state index is -1.54. The van der Waals surface area contributed by atoms with Crippen LogP contribution in [0.5, 0.6) is 0 Å². The zero-order valence-corrected chi connectivity index (χ0v) is 15.4. The maximum atomic E-state index is 12.3. The lowest BCUT2D eigenvalue weighted by Gasteiger charge is -2.25. The molecule has 2 aromatic rings. The highest BCUT2D eigenvalue weighted by Crippen LogP contribution is 2.44. The van der Waals surface area contributed by atoms with E-state index in [1.54, 1.807) is 6.92 Å². The van der Waals surface area contributed by atoms with Gasteiger partial charge in [0.15, 0.2) is 5.54 Å². The summed E-state index contributed by atoms with van der Waals surface area (Å²) in [7, 11) is 0. The van der Waals surface area contributed by atoms with Crippen LogP contribution in [-0.4, -0.2) is 42.5 Å². The highest BCUT2D eigenvalue weighted by atomic mass is 16.6. The molecule has 6 heteroatoms. The van der Waals surface area contributed by atoms with Crippen molar-refractivity contribution >= 4 is 12.1 Å². The number of amides is 1. The van der Waals surface area contributed by atoms with Crippen LogP contribution in [0.25, 0.3) is 11.1 Å². The Kier molecular flexibility index (Phi) is 5.46. The van der Waals surface area contributed by atoms with Crippen molar-refractivity contribution in [1.82, 2.24) is 5.32 Å². The summed E-state index contributed by atoms with van der Waals surface area (Å²) in [5, 5.41) is 11.8. The molecular weight excluding hydrogens is 346 g/mol. The first-order chi connectivity index (χ1) is 13.0. The molecule has 27 heavy (non-hydrogen) atoms. The summed E-state index contributed by atoms with van der Waals surface area (Å²) in [6.45, 7) is 3.50. The van der Waals surface area contributed by atoms with Crippen LogP contribution < -0.4 is 5.32 Å². The molecule has 142 valence electrons. The monoisotopic (exact) mass is 369 g/mol. The molecule has 6 nitrogen and oxygen atoms in total. The fourth-order valence-electron chi connectivity index (χ4n) is 3.32. The number of carboxylic acid groups (broad SMARTS) is 1. The Morgan fingerprint density at radius 3 is 2.15 bits per heavy atom. The van der Waals surface area contributed by atoms with Gasteiger partial charge in [-0.25, -0.2) is 9.59 Å². The van der Waals surface area contributed by atoms with E-state index in [9.17, 15) is 14.7 Å². The molecule has 0 aromatic heterocycles. The number of hydrogen-bond donors (Lipinski definition) is 2. The third kappa shape index (κ3) is 3.80. The molecule has 0 bridgehead atoms. The van der Waals surface area contributed by atoms with E-state index in [0.717, 1.165) is 22.3 Å². The van der Waals surface area contributed by atoms with Crippen molar-refractivity contribution in [3.8, 4) is 11.1 Å². The molecule has 2 N–H and O–H groups in total. The number of rotatable bonds is 7. The second-order valence-corrected chi connectivity index (χ2v) is 6.72. The van der Waals surface area contributed by atoms with Gasteiger partial charge in [-0.1, -0.05) is 48.5 Å². The van der Waals surface area contributed by atoms with E-state index in [1.165, 1.54) is 6.92 Å². The first kappa shape index (κ1) is 18.9. The number of nitrogens with one attached hydrogen (secondary N) is 1. The number of fused-ring (bicyclic) bond motifs is 3. The standard InChI is InChI=1S/C21H23NO5/c1-3-26-13-21(2,19(23)24)22-20(25)27-12-18-16-10-6-4-8-14(16)15-9-5-7-11-17(15)18/h4-11,18H,3,12-13H2,1-2H3,(H,22,25)(H,23,24). The average Bonchev–Trinajstić information content (AvgIpc) is 2.98. The molecule has 0 saturated heterocycles. The van der Waals surface area contributed by atoms with Crippen molar-refractivity contribution < 1.29 is 24.2 Å². The number of benzene rings is 2. The molecule has 0 heterocycles. The first-order valence-electron chi connectivity index (χ1n) is 8.90. The summed E-state index contributed by atoms with van der Waals surface area (Å²) in [5.41, 5.74) is 2.92. The molecule has 0 radical (unpaired) electrons. The molecular formula is C21H23NO5. The van der Waals surface area contributed by atoms with Crippen molar-refractivity contribution in [2.24, 2.45) is 0 Å². The van der Waals surface area contributed by atoms with E-state index in [2.05, 4.69) is 17.4 Å². The maximum Gasteiger partial charge on any atom is 0.408 e. The minimum Gasteiger partial charge on any atom is -0.479 e. The minimum absolute atomic E-state index is 0.0777. The first-order valence-corrected chi connectivity index (χ1v) is 8.90. The van der Waals surface area contributed by atoms with Crippen LogP contribution in [0.15, 0.2) is 48.5 Å².